The van der Waals surface area contributed by atoms with Gasteiger partial charge in [0.2, 0.25) is 0 Å². The highest BCUT2D eigenvalue weighted by molar-refractivity contribution is 7.91. The highest BCUT2D eigenvalue weighted by atomic mass is 32.2. The van der Waals surface area contributed by atoms with Crippen LogP contribution in [0.5, 0.6) is 0 Å². The summed E-state index contributed by atoms with van der Waals surface area (Å²) in [6.07, 6.45) is 4.73. The minimum Gasteiger partial charge on any atom is -0.370 e. The highest BCUT2D eigenvalue weighted by Gasteiger charge is 2.34. The second-order valence-electron chi connectivity index (χ2n) is 7.24. The summed E-state index contributed by atoms with van der Waals surface area (Å²) in [5, 5.41) is 0. The average molecular weight is 365 g/mol. The zero-order valence-electron chi connectivity index (χ0n) is 15.0. The molecule has 1 aromatic heterocycles. The van der Waals surface area contributed by atoms with Crippen molar-refractivity contribution in [2.45, 2.75) is 39.2 Å². The van der Waals surface area contributed by atoms with E-state index in [9.17, 15) is 13.2 Å². The van der Waals surface area contributed by atoms with E-state index in [4.69, 9.17) is 0 Å². The number of aromatic nitrogens is 1. The van der Waals surface area contributed by atoms with Crippen LogP contribution in [0.4, 0.5) is 5.69 Å². The van der Waals surface area contributed by atoms with Crippen LogP contribution in [0.25, 0.3) is 0 Å². The van der Waals surface area contributed by atoms with Gasteiger partial charge >= 0.3 is 0 Å². The van der Waals surface area contributed by atoms with E-state index in [0.717, 1.165) is 18.8 Å². The molecule has 2 unspecified atom stereocenters. The molecule has 0 aromatic carbocycles. The van der Waals surface area contributed by atoms with Crippen LogP contribution in [0.3, 0.4) is 0 Å². The Labute approximate surface area is 150 Å². The number of carbonyl (C=O) groups excluding carboxylic acids is 1. The van der Waals surface area contributed by atoms with E-state index in [1.807, 2.05) is 13.0 Å². The first-order valence-corrected chi connectivity index (χ1v) is 10.9. The molecule has 3 rings (SSSR count). The van der Waals surface area contributed by atoms with Crippen molar-refractivity contribution in [1.82, 2.24) is 9.88 Å². The van der Waals surface area contributed by atoms with Crippen molar-refractivity contribution in [2.24, 2.45) is 5.92 Å². The van der Waals surface area contributed by atoms with Gasteiger partial charge in [-0.1, -0.05) is 6.92 Å². The molecule has 0 N–H and O–H groups in total. The molecule has 2 aliphatic rings. The summed E-state index contributed by atoms with van der Waals surface area (Å²) in [5.41, 5.74) is 1.44. The van der Waals surface area contributed by atoms with Gasteiger partial charge in [0, 0.05) is 25.7 Å². The number of anilines is 1. The Morgan fingerprint density at radius 2 is 2.16 bits per heavy atom. The van der Waals surface area contributed by atoms with Gasteiger partial charge in [0.25, 0.3) is 5.91 Å². The molecule has 2 atom stereocenters. The van der Waals surface area contributed by atoms with Gasteiger partial charge in [-0.05, 0) is 44.2 Å². The highest BCUT2D eigenvalue weighted by Crippen LogP contribution is 2.23. The van der Waals surface area contributed by atoms with Crippen LogP contribution in [0.15, 0.2) is 18.3 Å². The Balaban J connectivity index is 1.71. The number of sulfone groups is 1. The van der Waals surface area contributed by atoms with E-state index < -0.39 is 9.84 Å². The quantitative estimate of drug-likeness (QED) is 0.816. The van der Waals surface area contributed by atoms with Gasteiger partial charge in [-0.25, -0.2) is 13.4 Å². The second kappa shape index (κ2) is 7.32. The number of hydrogen-bond acceptors (Lipinski definition) is 5. The molecule has 1 aromatic rings. The summed E-state index contributed by atoms with van der Waals surface area (Å²) in [6, 6.07) is 3.49. The molecule has 0 aliphatic carbocycles. The molecule has 0 spiro atoms. The lowest BCUT2D eigenvalue weighted by atomic mass is 10.00. The number of pyridine rings is 1. The summed E-state index contributed by atoms with van der Waals surface area (Å²) in [4.78, 5) is 21.1. The zero-order valence-corrected chi connectivity index (χ0v) is 15.8. The Kier molecular flexibility index (Phi) is 5.32. The Hall–Kier alpha value is -1.63. The molecule has 0 saturated carbocycles. The third kappa shape index (κ3) is 4.14. The van der Waals surface area contributed by atoms with Gasteiger partial charge in [-0.15, -0.1) is 0 Å². The van der Waals surface area contributed by atoms with Crippen LogP contribution in [-0.4, -0.2) is 61.4 Å². The van der Waals surface area contributed by atoms with Gasteiger partial charge < -0.3 is 9.80 Å². The van der Waals surface area contributed by atoms with Crippen LogP contribution in [0.2, 0.25) is 0 Å². The normalized spacial score (nSPS) is 25.8. The first-order valence-electron chi connectivity index (χ1n) is 9.12. The molecular formula is C18H27N3O3S. The fourth-order valence-corrected chi connectivity index (χ4v) is 5.59. The van der Waals surface area contributed by atoms with Crippen molar-refractivity contribution < 1.29 is 13.2 Å². The van der Waals surface area contributed by atoms with Crippen molar-refractivity contribution in [1.29, 1.82) is 0 Å². The predicted molar refractivity (Wildman–Crippen MR) is 98.6 cm³/mol. The van der Waals surface area contributed by atoms with Gasteiger partial charge in [-0.3, -0.25) is 4.79 Å². The molecule has 2 fully saturated rings. The lowest BCUT2D eigenvalue weighted by Gasteiger charge is -2.32. The molecule has 0 bridgehead atoms. The van der Waals surface area contributed by atoms with E-state index in [2.05, 4.69) is 16.8 Å². The van der Waals surface area contributed by atoms with Gasteiger partial charge in [0.05, 0.1) is 23.4 Å². The monoisotopic (exact) mass is 365 g/mol. The van der Waals surface area contributed by atoms with Crippen molar-refractivity contribution in [3.8, 4) is 0 Å². The Morgan fingerprint density at radius 3 is 2.72 bits per heavy atom. The molecule has 25 heavy (non-hydrogen) atoms. The zero-order chi connectivity index (χ0) is 18.0. The first kappa shape index (κ1) is 18.2. The number of nitrogens with zero attached hydrogens (tertiary/aromatic N) is 3. The van der Waals surface area contributed by atoms with Gasteiger partial charge in [0.1, 0.15) is 5.69 Å². The number of piperidine rings is 1. The third-order valence-electron chi connectivity index (χ3n) is 5.24. The maximum Gasteiger partial charge on any atom is 0.272 e. The summed E-state index contributed by atoms with van der Waals surface area (Å²) in [6.45, 7) is 6.68. The SMILES string of the molecule is CCN(C(=O)c1ccc(N2CCCC(C)C2)cn1)C1CCS(=O)(=O)C1. The number of hydrogen-bond donors (Lipinski definition) is 0. The van der Waals surface area contributed by atoms with Crippen molar-refractivity contribution in [2.75, 3.05) is 36.0 Å². The van der Waals surface area contributed by atoms with E-state index >= 15 is 0 Å². The number of carbonyl (C=O) groups is 1. The topological polar surface area (TPSA) is 70.6 Å². The van der Waals surface area contributed by atoms with Crippen LogP contribution < -0.4 is 4.90 Å². The molecule has 3 heterocycles. The van der Waals surface area contributed by atoms with Crippen molar-refractivity contribution in [3.63, 3.8) is 0 Å². The largest absolute Gasteiger partial charge is 0.370 e. The summed E-state index contributed by atoms with van der Waals surface area (Å²) >= 11 is 0. The molecule has 138 valence electrons. The van der Waals surface area contributed by atoms with E-state index in [1.165, 1.54) is 12.8 Å². The Bertz CT molecular complexity index is 718. The molecule has 2 aliphatic heterocycles. The minimum absolute atomic E-state index is 0.0658. The smallest absolute Gasteiger partial charge is 0.272 e. The van der Waals surface area contributed by atoms with E-state index in [-0.39, 0.29) is 23.5 Å². The third-order valence-corrected chi connectivity index (χ3v) is 6.99. The van der Waals surface area contributed by atoms with Crippen molar-refractivity contribution >= 4 is 21.4 Å². The van der Waals surface area contributed by atoms with E-state index in [0.29, 0.717) is 24.6 Å². The van der Waals surface area contributed by atoms with E-state index in [1.54, 1.807) is 17.2 Å². The molecule has 2 saturated heterocycles. The fourth-order valence-electron chi connectivity index (χ4n) is 3.86. The predicted octanol–water partition coefficient (Wildman–Crippen LogP) is 1.97. The first-order chi connectivity index (χ1) is 11.9. The molecule has 6 nitrogen and oxygen atoms in total. The van der Waals surface area contributed by atoms with Gasteiger partial charge in [-0.2, -0.15) is 0 Å². The molecule has 7 heteroatoms. The molecule has 1 amide bonds. The molecule has 0 radical (unpaired) electrons. The maximum atomic E-state index is 12.8. The fraction of sp³-hybridized carbons (Fsp3) is 0.667. The maximum absolute atomic E-state index is 12.8. The summed E-state index contributed by atoms with van der Waals surface area (Å²) in [5.74, 6) is 0.732. The number of rotatable bonds is 4. The average Bonchev–Trinajstić information content (AvgIpc) is 2.95. The second-order valence-corrected chi connectivity index (χ2v) is 9.47. The Morgan fingerprint density at radius 1 is 1.36 bits per heavy atom. The summed E-state index contributed by atoms with van der Waals surface area (Å²) in [7, 11) is -3.01. The lowest BCUT2D eigenvalue weighted by Crippen LogP contribution is -2.41. The lowest BCUT2D eigenvalue weighted by molar-refractivity contribution is 0.0702. The van der Waals surface area contributed by atoms with Crippen molar-refractivity contribution in [3.05, 3.63) is 24.0 Å². The number of amides is 1. The van der Waals surface area contributed by atoms with Crippen LogP contribution in [0.1, 0.15) is 43.6 Å². The van der Waals surface area contributed by atoms with Gasteiger partial charge in [0.15, 0.2) is 9.84 Å². The molecular weight excluding hydrogens is 338 g/mol. The van der Waals surface area contributed by atoms with Crippen LogP contribution in [0, 0.1) is 5.92 Å². The van der Waals surface area contributed by atoms with Crippen LogP contribution in [-0.2, 0) is 9.84 Å². The standard InChI is InChI=1S/C18H27N3O3S/c1-3-21(16-8-10-25(23,24)13-16)18(22)17-7-6-15(11-19-17)20-9-4-5-14(2)12-20/h6-7,11,14,16H,3-5,8-10,12-13H2,1-2H3. The summed E-state index contributed by atoms with van der Waals surface area (Å²) < 4.78 is 23.4. The minimum atomic E-state index is -3.01. The van der Waals surface area contributed by atoms with Crippen LogP contribution >= 0.6 is 0 Å².